The van der Waals surface area contributed by atoms with E-state index < -0.39 is 0 Å². The van der Waals surface area contributed by atoms with Gasteiger partial charge in [-0.25, -0.2) is 4.98 Å². The molecule has 1 aromatic rings. The van der Waals surface area contributed by atoms with Crippen LogP contribution in [-0.2, 0) is 9.47 Å². The zero-order valence-corrected chi connectivity index (χ0v) is 11.0. The Bertz CT molecular complexity index is 302. The molecule has 0 amide bonds. The van der Waals surface area contributed by atoms with Gasteiger partial charge in [0, 0.05) is 39.8 Å². The predicted molar refractivity (Wildman–Crippen MR) is 68.4 cm³/mol. The Labute approximate surface area is 103 Å². The van der Waals surface area contributed by atoms with E-state index in [1.165, 1.54) is 0 Å². The van der Waals surface area contributed by atoms with Crippen molar-refractivity contribution in [2.75, 3.05) is 39.3 Å². The summed E-state index contributed by atoms with van der Waals surface area (Å²) >= 11 is 0. The molecule has 0 saturated heterocycles. The lowest BCUT2D eigenvalue weighted by Gasteiger charge is -2.18. The van der Waals surface area contributed by atoms with E-state index in [1.54, 1.807) is 14.2 Å². The SMILES string of the molecule is CCC(COC)n1ccnc1NCCCOC. The van der Waals surface area contributed by atoms with Gasteiger partial charge in [-0.15, -0.1) is 0 Å². The highest BCUT2D eigenvalue weighted by molar-refractivity contribution is 5.26. The van der Waals surface area contributed by atoms with Crippen molar-refractivity contribution >= 4 is 5.95 Å². The highest BCUT2D eigenvalue weighted by atomic mass is 16.5. The van der Waals surface area contributed by atoms with E-state index in [0.29, 0.717) is 12.6 Å². The summed E-state index contributed by atoms with van der Waals surface area (Å²) in [7, 11) is 3.44. The molecule has 1 unspecified atom stereocenters. The third-order valence-corrected chi connectivity index (χ3v) is 2.70. The standard InChI is InChI=1S/C12H23N3O2/c1-4-11(10-17-3)15-8-7-14-12(15)13-6-5-9-16-2/h7-8,11H,4-6,9-10H2,1-3H3,(H,13,14). The van der Waals surface area contributed by atoms with Gasteiger partial charge in [0.15, 0.2) is 0 Å². The lowest BCUT2D eigenvalue weighted by Crippen LogP contribution is -2.17. The zero-order chi connectivity index (χ0) is 12.5. The van der Waals surface area contributed by atoms with Gasteiger partial charge >= 0.3 is 0 Å². The smallest absolute Gasteiger partial charge is 0.203 e. The summed E-state index contributed by atoms with van der Waals surface area (Å²) in [5, 5.41) is 3.32. The van der Waals surface area contributed by atoms with Crippen molar-refractivity contribution in [1.29, 1.82) is 0 Å². The van der Waals surface area contributed by atoms with Crippen LogP contribution in [0.15, 0.2) is 12.4 Å². The summed E-state index contributed by atoms with van der Waals surface area (Å²) in [5.41, 5.74) is 0. The Kier molecular flexibility index (Phi) is 6.65. The number of anilines is 1. The molecule has 0 aliphatic carbocycles. The first-order chi connectivity index (χ1) is 8.33. The fourth-order valence-corrected chi connectivity index (χ4v) is 1.75. The van der Waals surface area contributed by atoms with Crippen LogP contribution < -0.4 is 5.32 Å². The van der Waals surface area contributed by atoms with Crippen LogP contribution in [0.25, 0.3) is 0 Å². The van der Waals surface area contributed by atoms with Crippen LogP contribution in [0.1, 0.15) is 25.8 Å². The number of hydrogen-bond donors (Lipinski definition) is 1. The predicted octanol–water partition coefficient (Wildman–Crippen LogP) is 1.93. The fourth-order valence-electron chi connectivity index (χ4n) is 1.75. The molecule has 0 bridgehead atoms. The summed E-state index contributed by atoms with van der Waals surface area (Å²) in [4.78, 5) is 4.32. The van der Waals surface area contributed by atoms with Crippen molar-refractivity contribution in [3.63, 3.8) is 0 Å². The second kappa shape index (κ2) is 8.08. The Morgan fingerprint density at radius 3 is 2.88 bits per heavy atom. The molecule has 98 valence electrons. The average molecular weight is 241 g/mol. The fraction of sp³-hybridized carbons (Fsp3) is 0.750. The first kappa shape index (κ1) is 14.0. The monoisotopic (exact) mass is 241 g/mol. The van der Waals surface area contributed by atoms with E-state index in [-0.39, 0.29) is 0 Å². The summed E-state index contributed by atoms with van der Waals surface area (Å²) in [6.45, 7) is 4.50. The lowest BCUT2D eigenvalue weighted by atomic mass is 10.2. The molecule has 0 saturated carbocycles. The van der Waals surface area contributed by atoms with E-state index in [2.05, 4.69) is 21.8 Å². The van der Waals surface area contributed by atoms with Gasteiger partial charge in [-0.3, -0.25) is 0 Å². The lowest BCUT2D eigenvalue weighted by molar-refractivity contribution is 0.154. The molecular weight excluding hydrogens is 218 g/mol. The summed E-state index contributed by atoms with van der Waals surface area (Å²) in [6.07, 6.45) is 5.81. The number of nitrogens with zero attached hydrogens (tertiary/aromatic N) is 2. The second-order valence-corrected chi connectivity index (χ2v) is 3.95. The number of ether oxygens (including phenoxy) is 2. The van der Waals surface area contributed by atoms with Gasteiger partial charge in [0.1, 0.15) is 0 Å². The molecule has 0 aliphatic rings. The number of hydrogen-bond acceptors (Lipinski definition) is 4. The third kappa shape index (κ3) is 4.36. The molecule has 0 spiro atoms. The Balaban J connectivity index is 2.51. The number of imidazole rings is 1. The van der Waals surface area contributed by atoms with Crippen LogP contribution in [0, 0.1) is 0 Å². The number of rotatable bonds is 9. The van der Waals surface area contributed by atoms with Gasteiger partial charge in [-0.1, -0.05) is 6.92 Å². The van der Waals surface area contributed by atoms with Gasteiger partial charge in [0.2, 0.25) is 5.95 Å². The maximum absolute atomic E-state index is 5.22. The molecule has 0 fully saturated rings. The van der Waals surface area contributed by atoms with Crippen molar-refractivity contribution in [1.82, 2.24) is 9.55 Å². The first-order valence-electron chi connectivity index (χ1n) is 6.08. The molecule has 0 aliphatic heterocycles. The number of aromatic nitrogens is 2. The minimum Gasteiger partial charge on any atom is -0.385 e. The zero-order valence-electron chi connectivity index (χ0n) is 11.0. The van der Waals surface area contributed by atoms with E-state index in [1.807, 2.05) is 12.4 Å². The molecule has 0 radical (unpaired) electrons. The van der Waals surface area contributed by atoms with Crippen molar-refractivity contribution in [3.05, 3.63) is 12.4 Å². The minimum absolute atomic E-state index is 0.340. The number of nitrogens with one attached hydrogen (secondary N) is 1. The Hall–Kier alpha value is -1.07. The normalized spacial score (nSPS) is 12.6. The molecule has 1 aromatic heterocycles. The highest BCUT2D eigenvalue weighted by Crippen LogP contribution is 2.17. The summed E-state index contributed by atoms with van der Waals surface area (Å²) < 4.78 is 12.4. The average Bonchev–Trinajstić information content (AvgIpc) is 2.80. The van der Waals surface area contributed by atoms with Gasteiger partial charge in [0.05, 0.1) is 12.6 Å². The molecular formula is C12H23N3O2. The van der Waals surface area contributed by atoms with Crippen LogP contribution >= 0.6 is 0 Å². The van der Waals surface area contributed by atoms with Crippen LogP contribution in [0.4, 0.5) is 5.95 Å². The molecule has 0 aromatic carbocycles. The molecule has 5 nitrogen and oxygen atoms in total. The van der Waals surface area contributed by atoms with Crippen molar-refractivity contribution in [2.24, 2.45) is 0 Å². The first-order valence-corrected chi connectivity index (χ1v) is 6.08. The van der Waals surface area contributed by atoms with E-state index in [0.717, 1.165) is 31.9 Å². The topological polar surface area (TPSA) is 48.3 Å². The van der Waals surface area contributed by atoms with Crippen molar-refractivity contribution in [3.8, 4) is 0 Å². The molecule has 1 heterocycles. The summed E-state index contributed by atoms with van der Waals surface area (Å²) in [5.74, 6) is 0.907. The van der Waals surface area contributed by atoms with E-state index in [4.69, 9.17) is 9.47 Å². The van der Waals surface area contributed by atoms with Crippen molar-refractivity contribution < 1.29 is 9.47 Å². The largest absolute Gasteiger partial charge is 0.385 e. The van der Waals surface area contributed by atoms with Gasteiger partial charge in [-0.2, -0.15) is 0 Å². The minimum atomic E-state index is 0.340. The Morgan fingerprint density at radius 1 is 1.41 bits per heavy atom. The second-order valence-electron chi connectivity index (χ2n) is 3.95. The number of methoxy groups -OCH3 is 2. The highest BCUT2D eigenvalue weighted by Gasteiger charge is 2.12. The van der Waals surface area contributed by atoms with Crippen LogP contribution in [0.5, 0.6) is 0 Å². The maximum atomic E-state index is 5.22. The van der Waals surface area contributed by atoms with Gasteiger partial charge in [0.25, 0.3) is 0 Å². The van der Waals surface area contributed by atoms with E-state index in [9.17, 15) is 0 Å². The Morgan fingerprint density at radius 2 is 2.24 bits per heavy atom. The third-order valence-electron chi connectivity index (χ3n) is 2.70. The van der Waals surface area contributed by atoms with Crippen LogP contribution in [0.3, 0.4) is 0 Å². The maximum Gasteiger partial charge on any atom is 0.203 e. The molecule has 1 atom stereocenters. The molecule has 1 rings (SSSR count). The quantitative estimate of drug-likeness (QED) is 0.671. The van der Waals surface area contributed by atoms with Crippen molar-refractivity contribution in [2.45, 2.75) is 25.8 Å². The van der Waals surface area contributed by atoms with Gasteiger partial charge in [-0.05, 0) is 12.8 Å². The van der Waals surface area contributed by atoms with Crippen LogP contribution in [0.2, 0.25) is 0 Å². The summed E-state index contributed by atoms with van der Waals surface area (Å²) in [6, 6.07) is 0.340. The van der Waals surface area contributed by atoms with E-state index >= 15 is 0 Å². The molecule has 5 heteroatoms. The molecule has 1 N–H and O–H groups in total. The van der Waals surface area contributed by atoms with Crippen LogP contribution in [-0.4, -0.2) is 43.5 Å². The molecule has 17 heavy (non-hydrogen) atoms. The van der Waals surface area contributed by atoms with Gasteiger partial charge < -0.3 is 19.4 Å².